The molecule has 0 bridgehead atoms. The molecular formula is C24H31N3O6S. The SMILES string of the molecule is COC(=O)C(C)NS(=O)(=O)N1CCC(CNC(=O)c2ccccc2OC)(c2ccccc2)CC1. The lowest BCUT2D eigenvalue weighted by Crippen LogP contribution is -2.54. The average molecular weight is 490 g/mol. The van der Waals surface area contributed by atoms with Crippen LogP contribution < -0.4 is 14.8 Å². The van der Waals surface area contributed by atoms with Crippen molar-refractivity contribution in [2.75, 3.05) is 33.9 Å². The highest BCUT2D eigenvalue weighted by Crippen LogP contribution is 2.36. The summed E-state index contributed by atoms with van der Waals surface area (Å²) in [5.74, 6) is -0.421. The van der Waals surface area contributed by atoms with Gasteiger partial charge in [-0.3, -0.25) is 9.59 Å². The molecule has 1 heterocycles. The average Bonchev–Trinajstić information content (AvgIpc) is 2.87. The molecule has 0 aliphatic carbocycles. The molecule has 1 saturated heterocycles. The number of benzene rings is 2. The first kappa shape index (κ1) is 25.7. The van der Waals surface area contributed by atoms with Crippen LogP contribution in [0.15, 0.2) is 54.6 Å². The minimum atomic E-state index is -3.87. The first-order valence-electron chi connectivity index (χ1n) is 11.0. The van der Waals surface area contributed by atoms with Gasteiger partial charge in [-0.05, 0) is 37.5 Å². The molecule has 1 fully saturated rings. The lowest BCUT2D eigenvalue weighted by Gasteiger charge is -2.42. The fourth-order valence-corrected chi connectivity index (χ4v) is 5.57. The molecule has 0 spiro atoms. The number of carbonyl (C=O) groups is 2. The third-order valence-corrected chi connectivity index (χ3v) is 7.92. The molecule has 1 atom stereocenters. The van der Waals surface area contributed by atoms with Gasteiger partial charge in [0.1, 0.15) is 11.8 Å². The Bertz CT molecular complexity index is 1100. The lowest BCUT2D eigenvalue weighted by molar-refractivity contribution is -0.142. The minimum absolute atomic E-state index is 0.239. The van der Waals surface area contributed by atoms with Crippen LogP contribution in [-0.2, 0) is 25.2 Å². The maximum absolute atomic E-state index is 12.9. The van der Waals surface area contributed by atoms with Gasteiger partial charge >= 0.3 is 5.97 Å². The number of nitrogens with zero attached hydrogens (tertiary/aromatic N) is 1. The quantitative estimate of drug-likeness (QED) is 0.520. The molecule has 1 unspecified atom stereocenters. The van der Waals surface area contributed by atoms with Gasteiger partial charge in [0.05, 0.1) is 19.8 Å². The van der Waals surface area contributed by atoms with E-state index in [1.165, 1.54) is 25.4 Å². The second kappa shape index (κ2) is 11.0. The van der Waals surface area contributed by atoms with Gasteiger partial charge in [0.25, 0.3) is 16.1 Å². The summed E-state index contributed by atoms with van der Waals surface area (Å²) >= 11 is 0. The minimum Gasteiger partial charge on any atom is -0.496 e. The van der Waals surface area contributed by atoms with Gasteiger partial charge in [-0.15, -0.1) is 0 Å². The molecule has 34 heavy (non-hydrogen) atoms. The zero-order valence-corrected chi connectivity index (χ0v) is 20.4. The highest BCUT2D eigenvalue weighted by Gasteiger charge is 2.40. The fraction of sp³-hybridized carbons (Fsp3) is 0.417. The third-order valence-electron chi connectivity index (χ3n) is 6.22. The number of amides is 1. The van der Waals surface area contributed by atoms with E-state index in [4.69, 9.17) is 4.74 Å². The zero-order valence-electron chi connectivity index (χ0n) is 19.6. The Balaban J connectivity index is 1.76. The van der Waals surface area contributed by atoms with Crippen LogP contribution in [0.5, 0.6) is 5.75 Å². The lowest BCUT2D eigenvalue weighted by atomic mass is 9.73. The van der Waals surface area contributed by atoms with Gasteiger partial charge in [-0.25, -0.2) is 0 Å². The highest BCUT2D eigenvalue weighted by molar-refractivity contribution is 7.87. The van der Waals surface area contributed by atoms with Crippen molar-refractivity contribution in [1.82, 2.24) is 14.3 Å². The molecule has 184 valence electrons. The number of carbonyl (C=O) groups excluding carboxylic acids is 2. The normalized spacial score (nSPS) is 16.9. The van der Waals surface area contributed by atoms with E-state index in [-0.39, 0.29) is 19.0 Å². The van der Waals surface area contributed by atoms with Crippen LogP contribution >= 0.6 is 0 Å². The van der Waals surface area contributed by atoms with E-state index in [0.717, 1.165) is 5.56 Å². The van der Waals surface area contributed by atoms with Gasteiger partial charge in [-0.1, -0.05) is 42.5 Å². The Morgan fingerprint density at radius 1 is 1.03 bits per heavy atom. The smallest absolute Gasteiger partial charge is 0.323 e. The van der Waals surface area contributed by atoms with Gasteiger partial charge in [0, 0.05) is 25.0 Å². The highest BCUT2D eigenvalue weighted by atomic mass is 32.2. The molecular weight excluding hydrogens is 458 g/mol. The van der Waals surface area contributed by atoms with Crippen molar-refractivity contribution in [2.45, 2.75) is 31.2 Å². The van der Waals surface area contributed by atoms with Crippen molar-refractivity contribution < 1.29 is 27.5 Å². The van der Waals surface area contributed by atoms with Crippen molar-refractivity contribution in [3.63, 3.8) is 0 Å². The number of ether oxygens (including phenoxy) is 2. The predicted molar refractivity (Wildman–Crippen MR) is 128 cm³/mol. The largest absolute Gasteiger partial charge is 0.496 e. The first-order chi connectivity index (χ1) is 16.2. The van der Waals surface area contributed by atoms with Gasteiger partial charge < -0.3 is 14.8 Å². The molecule has 10 heteroatoms. The Morgan fingerprint density at radius 2 is 1.65 bits per heavy atom. The summed E-state index contributed by atoms with van der Waals surface area (Å²) in [7, 11) is -1.15. The molecule has 0 aromatic heterocycles. The second-order valence-electron chi connectivity index (χ2n) is 8.30. The van der Waals surface area contributed by atoms with Crippen LogP contribution in [-0.4, -0.2) is 64.5 Å². The molecule has 9 nitrogen and oxygen atoms in total. The topological polar surface area (TPSA) is 114 Å². The monoisotopic (exact) mass is 489 g/mol. The summed E-state index contributed by atoms with van der Waals surface area (Å²) in [4.78, 5) is 24.6. The van der Waals surface area contributed by atoms with Crippen molar-refractivity contribution in [3.8, 4) is 5.75 Å². The molecule has 2 aromatic rings. The van der Waals surface area contributed by atoms with Gasteiger partial charge in [0.2, 0.25) is 0 Å². The van der Waals surface area contributed by atoms with E-state index in [1.807, 2.05) is 30.3 Å². The number of rotatable bonds is 9. The van der Waals surface area contributed by atoms with Crippen molar-refractivity contribution in [2.24, 2.45) is 0 Å². The zero-order chi connectivity index (χ0) is 24.8. The molecule has 1 amide bonds. The maximum Gasteiger partial charge on any atom is 0.323 e. The van der Waals surface area contributed by atoms with E-state index >= 15 is 0 Å². The van der Waals surface area contributed by atoms with Crippen LogP contribution in [0.25, 0.3) is 0 Å². The van der Waals surface area contributed by atoms with Gasteiger partial charge in [-0.2, -0.15) is 17.4 Å². The Labute approximate surface area is 200 Å². The Kier molecular flexibility index (Phi) is 8.29. The summed E-state index contributed by atoms with van der Waals surface area (Å²) in [6.07, 6.45) is 0.994. The summed E-state index contributed by atoms with van der Waals surface area (Å²) in [5, 5.41) is 3.03. The Morgan fingerprint density at radius 3 is 2.26 bits per heavy atom. The molecule has 1 aliphatic rings. The van der Waals surface area contributed by atoms with Crippen molar-refractivity contribution >= 4 is 22.1 Å². The van der Waals surface area contributed by atoms with E-state index in [2.05, 4.69) is 14.8 Å². The standard InChI is InChI=1S/C24H31N3O6S/c1-18(23(29)33-3)26-34(30,31)27-15-13-24(14-16-27,19-9-5-4-6-10-19)17-25-22(28)20-11-7-8-12-21(20)32-2/h4-12,18,26H,13-17H2,1-3H3,(H,25,28). The third kappa shape index (κ3) is 5.75. The van der Waals surface area contributed by atoms with Crippen LogP contribution in [0.2, 0.25) is 0 Å². The molecule has 0 saturated carbocycles. The molecule has 0 radical (unpaired) electrons. The number of piperidine rings is 1. The number of esters is 1. The fourth-order valence-electron chi connectivity index (χ4n) is 4.21. The van der Waals surface area contributed by atoms with Crippen LogP contribution in [0.1, 0.15) is 35.7 Å². The molecule has 1 aliphatic heterocycles. The summed E-state index contributed by atoms with van der Waals surface area (Å²) in [5.41, 5.74) is 1.02. The Hall–Kier alpha value is -2.95. The maximum atomic E-state index is 12.9. The molecule has 2 aromatic carbocycles. The van der Waals surface area contributed by atoms with Crippen LogP contribution in [0, 0.1) is 0 Å². The summed E-state index contributed by atoms with van der Waals surface area (Å²) in [6.45, 7) is 2.26. The number of methoxy groups -OCH3 is 2. The van der Waals surface area contributed by atoms with Crippen LogP contribution in [0.3, 0.4) is 0 Å². The molecule has 3 rings (SSSR count). The number of para-hydroxylation sites is 1. The second-order valence-corrected chi connectivity index (χ2v) is 10.00. The van der Waals surface area contributed by atoms with Gasteiger partial charge in [0.15, 0.2) is 0 Å². The predicted octanol–water partition coefficient (Wildman–Crippen LogP) is 1.85. The summed E-state index contributed by atoms with van der Waals surface area (Å²) < 4.78 is 39.2. The van der Waals surface area contributed by atoms with Crippen LogP contribution in [0.4, 0.5) is 0 Å². The van der Waals surface area contributed by atoms with Crippen molar-refractivity contribution in [3.05, 3.63) is 65.7 Å². The van der Waals surface area contributed by atoms with E-state index in [9.17, 15) is 18.0 Å². The van der Waals surface area contributed by atoms with E-state index < -0.39 is 27.6 Å². The number of hydrogen-bond donors (Lipinski definition) is 2. The van der Waals surface area contributed by atoms with Crippen molar-refractivity contribution in [1.29, 1.82) is 0 Å². The van der Waals surface area contributed by atoms with E-state index in [0.29, 0.717) is 30.7 Å². The molecule has 2 N–H and O–H groups in total. The van der Waals surface area contributed by atoms with E-state index in [1.54, 1.807) is 24.3 Å². The first-order valence-corrected chi connectivity index (χ1v) is 12.5. The number of hydrogen-bond acceptors (Lipinski definition) is 6. The number of nitrogens with one attached hydrogen (secondary N) is 2. The summed E-state index contributed by atoms with van der Waals surface area (Å²) in [6, 6.07) is 15.8.